The zero-order valence-electron chi connectivity index (χ0n) is 7.08. The molecule has 2 aliphatic rings. The van der Waals surface area contributed by atoms with Gasteiger partial charge in [0.05, 0.1) is 3.23 Å². The lowest BCUT2D eigenvalue weighted by molar-refractivity contribution is 0.277. The Labute approximate surface area is 85.4 Å². The lowest BCUT2D eigenvalue weighted by Crippen LogP contribution is -2.12. The van der Waals surface area contributed by atoms with E-state index in [-0.39, 0.29) is 3.23 Å². The molecule has 0 aromatic carbocycles. The molecule has 0 N–H and O–H groups in total. The minimum Gasteiger partial charge on any atom is -0.0715 e. The average molecular weight is 282 g/mol. The summed E-state index contributed by atoms with van der Waals surface area (Å²) in [6, 6.07) is 0. The highest BCUT2D eigenvalue weighted by atomic mass is 79.9. The Hall–Kier alpha value is 0.960. The molecule has 64 valence electrons. The maximum atomic E-state index is 3.81. The van der Waals surface area contributed by atoms with Crippen LogP contribution in [0.15, 0.2) is 0 Å². The van der Waals surface area contributed by atoms with Gasteiger partial charge in [0.15, 0.2) is 0 Å². The zero-order valence-corrected chi connectivity index (χ0v) is 10.3. The second-order valence-electron chi connectivity index (χ2n) is 4.45. The van der Waals surface area contributed by atoms with Gasteiger partial charge in [-0.25, -0.2) is 0 Å². The lowest BCUT2D eigenvalue weighted by Gasteiger charge is -2.22. The van der Waals surface area contributed by atoms with Gasteiger partial charge in [-0.3, -0.25) is 0 Å². The van der Waals surface area contributed by atoms with Crippen LogP contribution in [-0.4, -0.2) is 3.23 Å². The summed E-state index contributed by atoms with van der Waals surface area (Å²) in [7, 11) is 0. The predicted octanol–water partition coefficient (Wildman–Crippen LogP) is 4.07. The number of rotatable bonds is 0. The van der Waals surface area contributed by atoms with Crippen LogP contribution in [0.25, 0.3) is 0 Å². The van der Waals surface area contributed by atoms with Crippen molar-refractivity contribution in [1.82, 2.24) is 0 Å². The summed E-state index contributed by atoms with van der Waals surface area (Å²) >= 11 is 7.62. The molecule has 0 heterocycles. The van der Waals surface area contributed by atoms with E-state index in [1.54, 1.807) is 0 Å². The van der Waals surface area contributed by atoms with E-state index in [0.717, 1.165) is 0 Å². The summed E-state index contributed by atoms with van der Waals surface area (Å²) in [4.78, 5) is 0. The molecule has 0 radical (unpaired) electrons. The van der Waals surface area contributed by atoms with Crippen LogP contribution in [0.1, 0.15) is 39.5 Å². The van der Waals surface area contributed by atoms with Gasteiger partial charge in [-0.2, -0.15) is 0 Å². The van der Waals surface area contributed by atoms with Gasteiger partial charge in [0.25, 0.3) is 0 Å². The molecular weight excluding hydrogens is 268 g/mol. The van der Waals surface area contributed by atoms with Gasteiger partial charge in [-0.05, 0) is 12.8 Å². The van der Waals surface area contributed by atoms with Crippen molar-refractivity contribution in [2.75, 3.05) is 0 Å². The summed E-state index contributed by atoms with van der Waals surface area (Å²) in [6.45, 7) is 4.80. The Morgan fingerprint density at radius 1 is 0.909 bits per heavy atom. The van der Waals surface area contributed by atoms with Crippen LogP contribution in [-0.2, 0) is 0 Å². The first kappa shape index (κ1) is 8.55. The number of hydrogen-bond acceptors (Lipinski definition) is 0. The van der Waals surface area contributed by atoms with E-state index in [4.69, 9.17) is 0 Å². The topological polar surface area (TPSA) is 0 Å². The Bertz CT molecular complexity index is 180. The summed E-state index contributed by atoms with van der Waals surface area (Å²) in [5, 5.41) is 0. The van der Waals surface area contributed by atoms with Crippen molar-refractivity contribution in [3.05, 3.63) is 0 Å². The number of alkyl halides is 2. The second-order valence-corrected chi connectivity index (χ2v) is 7.89. The van der Waals surface area contributed by atoms with Crippen molar-refractivity contribution in [2.45, 2.75) is 42.8 Å². The molecular formula is C9H14Br2. The third-order valence-corrected chi connectivity index (χ3v) is 7.65. The molecule has 2 rings (SSSR count). The van der Waals surface area contributed by atoms with Crippen molar-refractivity contribution in [3.8, 4) is 0 Å². The SMILES string of the molecule is C[C@]12CCCC[C@]1(C)C2(Br)Br. The smallest absolute Gasteiger partial charge is 0.0715 e. The van der Waals surface area contributed by atoms with Crippen molar-refractivity contribution < 1.29 is 0 Å². The highest BCUT2D eigenvalue weighted by Gasteiger charge is 2.79. The zero-order chi connectivity index (χ0) is 8.33. The minimum absolute atomic E-state index is 0.247. The number of fused-ring (bicyclic) bond motifs is 1. The monoisotopic (exact) mass is 280 g/mol. The van der Waals surface area contributed by atoms with Crippen LogP contribution in [0, 0.1) is 10.8 Å². The van der Waals surface area contributed by atoms with Crippen molar-refractivity contribution >= 4 is 31.9 Å². The number of halogens is 2. The van der Waals surface area contributed by atoms with Gasteiger partial charge in [-0.15, -0.1) is 0 Å². The Kier molecular flexibility index (Phi) is 1.60. The van der Waals surface area contributed by atoms with Gasteiger partial charge in [-0.1, -0.05) is 58.5 Å². The third-order valence-electron chi connectivity index (χ3n) is 4.14. The van der Waals surface area contributed by atoms with E-state index in [2.05, 4.69) is 45.7 Å². The van der Waals surface area contributed by atoms with E-state index in [9.17, 15) is 0 Å². The molecule has 0 nitrogen and oxygen atoms in total. The quantitative estimate of drug-likeness (QED) is 0.587. The molecule has 0 amide bonds. The van der Waals surface area contributed by atoms with E-state index >= 15 is 0 Å². The van der Waals surface area contributed by atoms with Crippen molar-refractivity contribution in [2.24, 2.45) is 10.8 Å². The molecule has 2 aliphatic carbocycles. The fraction of sp³-hybridized carbons (Fsp3) is 1.00. The van der Waals surface area contributed by atoms with Crippen LogP contribution in [0.4, 0.5) is 0 Å². The Morgan fingerprint density at radius 3 is 1.55 bits per heavy atom. The van der Waals surface area contributed by atoms with Crippen molar-refractivity contribution in [1.29, 1.82) is 0 Å². The van der Waals surface area contributed by atoms with Crippen molar-refractivity contribution in [3.63, 3.8) is 0 Å². The highest BCUT2D eigenvalue weighted by molar-refractivity contribution is 9.25. The van der Waals surface area contributed by atoms with Gasteiger partial charge in [0.1, 0.15) is 0 Å². The molecule has 0 saturated heterocycles. The van der Waals surface area contributed by atoms with E-state index in [1.165, 1.54) is 25.7 Å². The van der Waals surface area contributed by atoms with Crippen LogP contribution in [0.5, 0.6) is 0 Å². The summed E-state index contributed by atoms with van der Waals surface area (Å²) in [5.74, 6) is 0. The van der Waals surface area contributed by atoms with Gasteiger partial charge in [0, 0.05) is 10.8 Å². The predicted molar refractivity (Wildman–Crippen MR) is 55.3 cm³/mol. The first-order chi connectivity index (χ1) is 4.96. The van der Waals surface area contributed by atoms with Gasteiger partial charge >= 0.3 is 0 Å². The molecule has 11 heavy (non-hydrogen) atoms. The van der Waals surface area contributed by atoms with Crippen LogP contribution < -0.4 is 0 Å². The molecule has 0 spiro atoms. The Morgan fingerprint density at radius 2 is 1.27 bits per heavy atom. The summed E-state index contributed by atoms with van der Waals surface area (Å²) in [5.41, 5.74) is 1.02. The molecule has 2 atom stereocenters. The standard InChI is InChI=1S/C9H14Br2/c1-7-5-3-4-6-8(7,2)9(7,10)11/h3-6H2,1-2H3/t7-,8-/m0/s1. The first-order valence-electron chi connectivity index (χ1n) is 4.34. The normalized spacial score (nSPS) is 53.5. The fourth-order valence-electron chi connectivity index (χ4n) is 2.77. The maximum absolute atomic E-state index is 3.81. The van der Waals surface area contributed by atoms with Crippen LogP contribution >= 0.6 is 31.9 Å². The molecule has 0 aliphatic heterocycles. The fourth-order valence-corrected chi connectivity index (χ4v) is 5.12. The van der Waals surface area contributed by atoms with E-state index < -0.39 is 0 Å². The van der Waals surface area contributed by atoms with Crippen LogP contribution in [0.2, 0.25) is 0 Å². The maximum Gasteiger partial charge on any atom is 0.0923 e. The van der Waals surface area contributed by atoms with Gasteiger partial charge in [0.2, 0.25) is 0 Å². The van der Waals surface area contributed by atoms with E-state index in [0.29, 0.717) is 10.8 Å². The largest absolute Gasteiger partial charge is 0.0923 e. The second kappa shape index (κ2) is 2.06. The van der Waals surface area contributed by atoms with E-state index in [1.807, 2.05) is 0 Å². The molecule has 0 unspecified atom stereocenters. The molecule has 0 bridgehead atoms. The lowest BCUT2D eigenvalue weighted by atomic mass is 9.82. The first-order valence-corrected chi connectivity index (χ1v) is 5.92. The van der Waals surface area contributed by atoms with Crippen LogP contribution in [0.3, 0.4) is 0 Å². The summed E-state index contributed by atoms with van der Waals surface area (Å²) in [6.07, 6.45) is 5.57. The molecule has 2 saturated carbocycles. The third kappa shape index (κ3) is 0.720. The molecule has 0 aromatic rings. The Balaban J connectivity index is 2.33. The minimum atomic E-state index is 0.247. The molecule has 0 aromatic heterocycles. The summed E-state index contributed by atoms with van der Waals surface area (Å²) < 4.78 is 0.247. The number of hydrogen-bond donors (Lipinski definition) is 0. The highest BCUT2D eigenvalue weighted by Crippen LogP contribution is 2.84. The van der Waals surface area contributed by atoms with Gasteiger partial charge < -0.3 is 0 Å². The molecule has 2 fully saturated rings. The average Bonchev–Trinajstić information content (AvgIpc) is 2.28. The molecule has 2 heteroatoms.